The molecule has 0 amide bonds. The maximum Gasteiger partial charge on any atom is 0.389 e. The van der Waals surface area contributed by atoms with Crippen LogP contribution in [0.15, 0.2) is 16.4 Å². The zero-order valence-electron chi connectivity index (χ0n) is 13.9. The van der Waals surface area contributed by atoms with Gasteiger partial charge in [-0.2, -0.15) is 13.2 Å². The Labute approximate surface area is 140 Å². The van der Waals surface area contributed by atoms with E-state index in [1.807, 2.05) is 0 Å². The Kier molecular flexibility index (Phi) is 4.79. The molecule has 2 saturated heterocycles. The molecule has 136 valence electrons. The summed E-state index contributed by atoms with van der Waals surface area (Å²) >= 11 is 0. The largest absolute Gasteiger partial charge is 0.400 e. The van der Waals surface area contributed by atoms with Crippen LogP contribution in [0.4, 0.5) is 13.2 Å². The Morgan fingerprint density at radius 1 is 1.38 bits per heavy atom. The maximum absolute atomic E-state index is 12.3. The molecular weight excluding hydrogens is 321 g/mol. The number of aliphatic imine (C=N–C) groups is 1. The summed E-state index contributed by atoms with van der Waals surface area (Å²) in [6.07, 6.45) is -1.62. The topological polar surface area (TPSA) is 62.9 Å². The molecule has 3 N–H and O–H groups in total. The smallest absolute Gasteiger partial charge is 0.389 e. The zero-order chi connectivity index (χ0) is 17.4. The quantitative estimate of drug-likeness (QED) is 0.718. The number of allylic oxidation sites excluding steroid dienone is 2. The third-order valence-corrected chi connectivity index (χ3v) is 5.26. The maximum atomic E-state index is 12.3. The van der Waals surface area contributed by atoms with Crippen molar-refractivity contribution in [1.29, 1.82) is 0 Å². The molecule has 0 aromatic rings. The van der Waals surface area contributed by atoms with Crippen LogP contribution in [0, 0.1) is 5.41 Å². The summed E-state index contributed by atoms with van der Waals surface area (Å²) < 4.78 is 42.0. The highest BCUT2D eigenvalue weighted by molar-refractivity contribution is 5.78. The van der Waals surface area contributed by atoms with Gasteiger partial charge in [-0.25, -0.2) is 0 Å². The lowest BCUT2D eigenvalue weighted by Crippen LogP contribution is -2.68. The van der Waals surface area contributed by atoms with Gasteiger partial charge >= 0.3 is 6.18 Å². The third-order valence-electron chi connectivity index (χ3n) is 5.26. The zero-order valence-corrected chi connectivity index (χ0v) is 13.9. The lowest BCUT2D eigenvalue weighted by Gasteiger charge is -2.61. The molecule has 0 unspecified atom stereocenters. The molecule has 1 saturated carbocycles. The lowest BCUT2D eigenvalue weighted by molar-refractivity contribution is -0.157. The van der Waals surface area contributed by atoms with Crippen molar-refractivity contribution in [2.75, 3.05) is 33.4 Å². The fourth-order valence-electron chi connectivity index (χ4n) is 3.71. The summed E-state index contributed by atoms with van der Waals surface area (Å²) in [5.74, 6) is 0. The standard InChI is InChI=1S/C16H25F3N4O/c1-21-14(13(20)2-3-16(17,18)19)6-22-11-4-15(5-11)9-23(10-15)12-7-24-8-12/h6,11-12,21H,2-5,7-10,20H2,1H3/b14-13+,22-6?. The van der Waals surface area contributed by atoms with Crippen LogP contribution in [0.1, 0.15) is 25.7 Å². The highest BCUT2D eigenvalue weighted by Gasteiger charge is 2.54. The number of halogens is 3. The Bertz CT molecular complexity index is 514. The second-order valence-electron chi connectivity index (χ2n) is 7.24. The molecule has 0 bridgehead atoms. The van der Waals surface area contributed by atoms with E-state index in [2.05, 4.69) is 15.2 Å². The first kappa shape index (κ1) is 17.5. The number of hydrogen-bond donors (Lipinski definition) is 2. The predicted octanol–water partition coefficient (Wildman–Crippen LogP) is 1.65. The molecule has 2 aliphatic heterocycles. The number of rotatable bonds is 6. The summed E-state index contributed by atoms with van der Waals surface area (Å²) in [6.45, 7) is 3.95. The Morgan fingerprint density at radius 2 is 2.04 bits per heavy atom. The van der Waals surface area contributed by atoms with Crippen molar-refractivity contribution in [3.05, 3.63) is 11.4 Å². The minimum absolute atomic E-state index is 0.201. The third kappa shape index (κ3) is 3.85. The highest BCUT2D eigenvalue weighted by atomic mass is 19.4. The summed E-state index contributed by atoms with van der Waals surface area (Å²) in [5, 5.41) is 2.84. The van der Waals surface area contributed by atoms with Crippen LogP contribution >= 0.6 is 0 Å². The van der Waals surface area contributed by atoms with E-state index in [-0.39, 0.29) is 18.2 Å². The fraction of sp³-hybridized carbons (Fsp3) is 0.812. The van der Waals surface area contributed by atoms with Gasteiger partial charge < -0.3 is 15.8 Å². The SMILES string of the molecule is CN/C(C=NC1CC2(C1)CN(C1COC1)C2)=C(/N)CCC(F)(F)F. The normalized spacial score (nSPS) is 26.0. The molecule has 0 aromatic carbocycles. The number of likely N-dealkylation sites (tertiary alicyclic amines) is 1. The molecule has 0 aromatic heterocycles. The molecule has 1 spiro atoms. The molecule has 3 fully saturated rings. The minimum atomic E-state index is -4.19. The number of nitrogens with zero attached hydrogens (tertiary/aromatic N) is 2. The summed E-state index contributed by atoms with van der Waals surface area (Å²) in [4.78, 5) is 6.97. The summed E-state index contributed by atoms with van der Waals surface area (Å²) in [6, 6.07) is 0.856. The highest BCUT2D eigenvalue weighted by Crippen LogP contribution is 2.50. The molecule has 3 rings (SSSR count). The Balaban J connectivity index is 1.44. The second-order valence-corrected chi connectivity index (χ2v) is 7.24. The molecule has 0 radical (unpaired) electrons. The lowest BCUT2D eigenvalue weighted by atomic mass is 9.60. The van der Waals surface area contributed by atoms with Gasteiger partial charge in [-0.1, -0.05) is 0 Å². The molecule has 0 atom stereocenters. The molecule has 24 heavy (non-hydrogen) atoms. The van der Waals surface area contributed by atoms with Crippen molar-refractivity contribution in [3.63, 3.8) is 0 Å². The van der Waals surface area contributed by atoms with E-state index in [0.29, 0.717) is 17.2 Å². The van der Waals surface area contributed by atoms with E-state index in [4.69, 9.17) is 10.5 Å². The second kappa shape index (κ2) is 6.55. The van der Waals surface area contributed by atoms with Crippen LogP contribution in [-0.4, -0.2) is 62.7 Å². The number of nitrogens with two attached hydrogens (primary N) is 1. The fourth-order valence-corrected chi connectivity index (χ4v) is 3.71. The van der Waals surface area contributed by atoms with Crippen molar-refractivity contribution < 1.29 is 17.9 Å². The molecule has 5 nitrogen and oxygen atoms in total. The van der Waals surface area contributed by atoms with E-state index < -0.39 is 12.6 Å². The van der Waals surface area contributed by atoms with Gasteiger partial charge in [0.25, 0.3) is 0 Å². The van der Waals surface area contributed by atoms with Gasteiger partial charge in [0.2, 0.25) is 0 Å². The molecule has 8 heteroatoms. The van der Waals surface area contributed by atoms with Crippen LogP contribution in [0.5, 0.6) is 0 Å². The first-order valence-corrected chi connectivity index (χ1v) is 8.38. The number of ether oxygens (including phenoxy) is 1. The summed E-state index contributed by atoms with van der Waals surface area (Å²) in [7, 11) is 1.65. The van der Waals surface area contributed by atoms with Crippen molar-refractivity contribution >= 4 is 6.21 Å². The van der Waals surface area contributed by atoms with Crippen molar-refractivity contribution in [1.82, 2.24) is 10.2 Å². The van der Waals surface area contributed by atoms with E-state index in [1.54, 1.807) is 13.3 Å². The number of nitrogens with one attached hydrogen (secondary N) is 1. The number of alkyl halides is 3. The average Bonchev–Trinajstić information content (AvgIpc) is 2.37. The predicted molar refractivity (Wildman–Crippen MR) is 85.7 cm³/mol. The first-order chi connectivity index (χ1) is 11.3. The van der Waals surface area contributed by atoms with Crippen LogP contribution < -0.4 is 11.1 Å². The van der Waals surface area contributed by atoms with E-state index in [9.17, 15) is 13.2 Å². The van der Waals surface area contributed by atoms with E-state index >= 15 is 0 Å². The van der Waals surface area contributed by atoms with Gasteiger partial charge in [0.1, 0.15) is 0 Å². The van der Waals surface area contributed by atoms with Crippen LogP contribution in [0.25, 0.3) is 0 Å². The van der Waals surface area contributed by atoms with E-state index in [0.717, 1.165) is 39.1 Å². The van der Waals surface area contributed by atoms with Crippen molar-refractivity contribution in [2.45, 2.75) is 43.9 Å². The molecule has 3 aliphatic rings. The van der Waals surface area contributed by atoms with Gasteiger partial charge in [-0.15, -0.1) is 0 Å². The van der Waals surface area contributed by atoms with Gasteiger partial charge in [-0.3, -0.25) is 9.89 Å². The average molecular weight is 346 g/mol. The molecule has 1 aliphatic carbocycles. The minimum Gasteiger partial charge on any atom is -0.400 e. The Morgan fingerprint density at radius 3 is 2.54 bits per heavy atom. The van der Waals surface area contributed by atoms with Crippen molar-refractivity contribution in [3.8, 4) is 0 Å². The first-order valence-electron chi connectivity index (χ1n) is 8.38. The monoisotopic (exact) mass is 346 g/mol. The van der Waals surface area contributed by atoms with Gasteiger partial charge in [0.15, 0.2) is 0 Å². The summed E-state index contributed by atoms with van der Waals surface area (Å²) in [5.41, 5.74) is 6.85. The van der Waals surface area contributed by atoms with Gasteiger partial charge in [0, 0.05) is 38.5 Å². The molecular formula is C16H25F3N4O. The van der Waals surface area contributed by atoms with Crippen LogP contribution in [0.3, 0.4) is 0 Å². The van der Waals surface area contributed by atoms with E-state index in [1.165, 1.54) is 0 Å². The van der Waals surface area contributed by atoms with Crippen LogP contribution in [-0.2, 0) is 4.74 Å². The Hall–Kier alpha value is -1.28. The van der Waals surface area contributed by atoms with Crippen molar-refractivity contribution in [2.24, 2.45) is 16.1 Å². The van der Waals surface area contributed by atoms with Gasteiger partial charge in [0.05, 0.1) is 31.0 Å². The van der Waals surface area contributed by atoms with Crippen LogP contribution in [0.2, 0.25) is 0 Å². The molecule has 2 heterocycles. The number of hydrogen-bond acceptors (Lipinski definition) is 5. The van der Waals surface area contributed by atoms with Gasteiger partial charge in [-0.05, 0) is 24.7 Å².